The Kier molecular flexibility index (Phi) is 5.80. The zero-order valence-corrected chi connectivity index (χ0v) is 19.5. The molecule has 2 atom stereocenters. The summed E-state index contributed by atoms with van der Waals surface area (Å²) in [4.78, 5) is 34.0. The number of alkyl halides is 3. The minimum Gasteiger partial charge on any atom is -0.444 e. The van der Waals surface area contributed by atoms with Crippen LogP contribution in [-0.4, -0.2) is 57.8 Å². The first kappa shape index (κ1) is 23.3. The van der Waals surface area contributed by atoms with E-state index in [1.54, 1.807) is 41.3 Å². The topological polar surface area (TPSA) is 67.1 Å². The van der Waals surface area contributed by atoms with E-state index in [1.807, 2.05) is 6.92 Å². The van der Waals surface area contributed by atoms with E-state index in [9.17, 15) is 22.8 Å². The number of amides is 3. The summed E-state index contributed by atoms with van der Waals surface area (Å²) in [5.41, 5.74) is -0.846. The van der Waals surface area contributed by atoms with E-state index in [0.717, 1.165) is 17.0 Å². The lowest BCUT2D eigenvalue weighted by Gasteiger charge is -2.43. The Hall–Kier alpha value is -2.82. The Morgan fingerprint density at radius 2 is 1.76 bits per heavy atom. The van der Waals surface area contributed by atoms with E-state index in [0.29, 0.717) is 30.1 Å². The number of hydrogen-bond donors (Lipinski definition) is 0. The smallest absolute Gasteiger partial charge is 0.416 e. The van der Waals surface area contributed by atoms with Gasteiger partial charge in [0.1, 0.15) is 5.60 Å². The molecular weight excluding hydrogens is 457 g/mol. The third kappa shape index (κ3) is 4.92. The van der Waals surface area contributed by atoms with E-state index >= 15 is 0 Å². The zero-order chi connectivity index (χ0) is 24.1. The number of hydrogen-bond acceptors (Lipinski definition) is 4. The molecule has 2 fully saturated rings. The van der Waals surface area contributed by atoms with Gasteiger partial charge in [-0.3, -0.25) is 4.57 Å². The van der Waals surface area contributed by atoms with Crippen molar-refractivity contribution in [3.63, 3.8) is 0 Å². The van der Waals surface area contributed by atoms with Crippen LogP contribution >= 0.6 is 11.3 Å². The summed E-state index contributed by atoms with van der Waals surface area (Å²) < 4.78 is 45.6. The lowest BCUT2D eigenvalue weighted by molar-refractivity contribution is -0.137. The molecule has 0 bridgehead atoms. The molecule has 3 heterocycles. The Balaban J connectivity index is 1.50. The molecule has 4 rings (SSSR count). The molecule has 2 aromatic rings. The molecule has 0 spiro atoms. The maximum Gasteiger partial charge on any atom is 0.416 e. The normalized spacial score (nSPS) is 21.1. The summed E-state index contributed by atoms with van der Waals surface area (Å²) in [6, 6.07) is 4.19. The maximum atomic E-state index is 12.9. The van der Waals surface area contributed by atoms with Crippen molar-refractivity contribution in [3.05, 3.63) is 45.7 Å². The fourth-order valence-electron chi connectivity index (χ4n) is 4.01. The van der Waals surface area contributed by atoms with E-state index in [4.69, 9.17) is 4.74 Å². The number of aromatic nitrogens is 1. The number of aryl methyl sites for hydroxylation is 1. The number of fused-ring (bicyclic) bond motifs is 1. The molecule has 1 aromatic carbocycles. The summed E-state index contributed by atoms with van der Waals surface area (Å²) >= 11 is 1.28. The lowest BCUT2D eigenvalue weighted by Crippen LogP contribution is -2.59. The second-order valence-corrected chi connectivity index (χ2v) is 10.5. The van der Waals surface area contributed by atoms with Crippen molar-refractivity contribution in [2.45, 2.75) is 45.5 Å². The number of carbonyl (C=O) groups excluding carboxylic acids is 2. The Morgan fingerprint density at radius 3 is 2.36 bits per heavy atom. The summed E-state index contributed by atoms with van der Waals surface area (Å²) in [6.07, 6.45) is -3.07. The monoisotopic (exact) mass is 482 g/mol. The molecular formula is C22H25F3N4O3S. The number of ether oxygens (including phenoxy) is 1. The minimum absolute atomic E-state index is 0.0916. The number of carbonyl (C=O) groups is 2. The number of urea groups is 1. The quantitative estimate of drug-likeness (QED) is 0.604. The van der Waals surface area contributed by atoms with Gasteiger partial charge in [-0.15, -0.1) is 11.3 Å². The third-order valence-corrected chi connectivity index (χ3v) is 6.47. The van der Waals surface area contributed by atoms with Crippen LogP contribution in [0.3, 0.4) is 0 Å². The van der Waals surface area contributed by atoms with Crippen LogP contribution in [0.1, 0.15) is 31.2 Å². The van der Waals surface area contributed by atoms with Gasteiger partial charge in [-0.1, -0.05) is 0 Å². The maximum absolute atomic E-state index is 12.9. The largest absolute Gasteiger partial charge is 0.444 e. The Labute approximate surface area is 193 Å². The second-order valence-electron chi connectivity index (χ2n) is 9.30. The van der Waals surface area contributed by atoms with Gasteiger partial charge >= 0.3 is 18.3 Å². The highest BCUT2D eigenvalue weighted by Gasteiger charge is 2.50. The molecule has 7 nitrogen and oxygen atoms in total. The minimum atomic E-state index is -4.42. The first-order chi connectivity index (χ1) is 15.3. The van der Waals surface area contributed by atoms with Gasteiger partial charge in [0, 0.05) is 42.3 Å². The highest BCUT2D eigenvalue weighted by atomic mass is 32.1. The first-order valence-corrected chi connectivity index (χ1v) is 11.3. The molecule has 0 radical (unpaired) electrons. The van der Waals surface area contributed by atoms with Gasteiger partial charge in [0.25, 0.3) is 0 Å². The number of halogens is 3. The highest BCUT2D eigenvalue weighted by molar-refractivity contribution is 7.09. The van der Waals surface area contributed by atoms with Crippen LogP contribution in [-0.2, 0) is 10.9 Å². The standard InChI is InChI=1S/C22H25F3N4O3S/c1-13-9-28(16-7-5-15(6-8-16)22(23,24)25)19(33-13)26-18(30)27-10-14-11-29(17(14)12-27)20(31)32-21(2,3)4/h5-9,14,17H,10-12H2,1-4H3/b26-19-/t14-,17-/m0/s1. The molecule has 2 aliphatic heterocycles. The molecule has 2 aliphatic rings. The summed E-state index contributed by atoms with van der Waals surface area (Å²) in [5.74, 6) is 0.184. The van der Waals surface area contributed by atoms with Crippen LogP contribution in [0.15, 0.2) is 35.5 Å². The number of likely N-dealkylation sites (tertiary alicyclic amines) is 2. The molecule has 178 valence electrons. The van der Waals surface area contributed by atoms with E-state index in [1.165, 1.54) is 23.5 Å². The van der Waals surface area contributed by atoms with E-state index < -0.39 is 23.4 Å². The molecule has 0 aliphatic carbocycles. The van der Waals surface area contributed by atoms with Crippen LogP contribution in [0.5, 0.6) is 0 Å². The molecule has 0 unspecified atom stereocenters. The van der Waals surface area contributed by atoms with Crippen LogP contribution in [0.4, 0.5) is 22.8 Å². The van der Waals surface area contributed by atoms with Crippen LogP contribution < -0.4 is 4.80 Å². The van der Waals surface area contributed by atoms with Crippen molar-refractivity contribution in [1.29, 1.82) is 0 Å². The van der Waals surface area contributed by atoms with Crippen molar-refractivity contribution in [1.82, 2.24) is 14.4 Å². The van der Waals surface area contributed by atoms with Crippen molar-refractivity contribution >= 4 is 23.5 Å². The third-order valence-electron chi connectivity index (χ3n) is 5.57. The molecule has 0 saturated carbocycles. The molecule has 2 saturated heterocycles. The summed E-state index contributed by atoms with van der Waals surface area (Å²) in [6.45, 7) is 8.66. The van der Waals surface area contributed by atoms with Crippen LogP contribution in [0.25, 0.3) is 5.69 Å². The Bertz CT molecular complexity index is 1130. The lowest BCUT2D eigenvalue weighted by atomic mass is 9.93. The fraction of sp³-hybridized carbons (Fsp3) is 0.500. The van der Waals surface area contributed by atoms with Gasteiger partial charge in [-0.25, -0.2) is 9.59 Å². The number of rotatable bonds is 1. The van der Waals surface area contributed by atoms with Gasteiger partial charge in [0.2, 0.25) is 0 Å². The second kappa shape index (κ2) is 8.19. The first-order valence-electron chi connectivity index (χ1n) is 10.5. The van der Waals surface area contributed by atoms with Gasteiger partial charge in [-0.2, -0.15) is 18.2 Å². The molecule has 33 heavy (non-hydrogen) atoms. The fourth-order valence-corrected chi connectivity index (χ4v) is 4.83. The number of benzene rings is 1. The van der Waals surface area contributed by atoms with Gasteiger partial charge < -0.3 is 14.5 Å². The van der Waals surface area contributed by atoms with Crippen molar-refractivity contribution in [3.8, 4) is 5.69 Å². The van der Waals surface area contributed by atoms with Crippen molar-refractivity contribution < 1.29 is 27.5 Å². The number of thiazole rings is 1. The highest BCUT2D eigenvalue weighted by Crippen LogP contribution is 2.34. The van der Waals surface area contributed by atoms with E-state index in [2.05, 4.69) is 4.99 Å². The molecule has 11 heteroatoms. The average Bonchev–Trinajstić information content (AvgIpc) is 3.20. The van der Waals surface area contributed by atoms with Crippen molar-refractivity contribution in [2.24, 2.45) is 10.9 Å². The van der Waals surface area contributed by atoms with E-state index in [-0.39, 0.29) is 18.1 Å². The molecule has 1 aromatic heterocycles. The molecule has 0 N–H and O–H groups in total. The zero-order valence-electron chi connectivity index (χ0n) is 18.7. The SMILES string of the molecule is Cc1cn(-c2ccc(C(F)(F)F)cc2)/c(=N/C(=O)N2C[C@H]3CN(C(=O)OC(C)(C)C)[C@H]3C2)s1. The summed E-state index contributed by atoms with van der Waals surface area (Å²) in [7, 11) is 0. The van der Waals surface area contributed by atoms with Crippen LogP contribution in [0, 0.1) is 12.8 Å². The van der Waals surface area contributed by atoms with Crippen LogP contribution in [0.2, 0.25) is 0 Å². The molecule has 3 amide bonds. The van der Waals surface area contributed by atoms with Gasteiger partial charge in [-0.05, 0) is 52.0 Å². The van der Waals surface area contributed by atoms with Crippen molar-refractivity contribution in [2.75, 3.05) is 19.6 Å². The van der Waals surface area contributed by atoms with Gasteiger partial charge in [0.15, 0.2) is 4.80 Å². The number of nitrogens with zero attached hydrogens (tertiary/aromatic N) is 4. The summed E-state index contributed by atoms with van der Waals surface area (Å²) in [5, 5.41) is 0. The average molecular weight is 483 g/mol. The van der Waals surface area contributed by atoms with Gasteiger partial charge in [0.05, 0.1) is 11.6 Å². The Morgan fingerprint density at radius 1 is 1.09 bits per heavy atom. The predicted molar refractivity (Wildman–Crippen MR) is 116 cm³/mol. The predicted octanol–water partition coefficient (Wildman–Crippen LogP) is 4.44.